The molecule has 0 radical (unpaired) electrons. The Bertz CT molecular complexity index is 417. The molecule has 1 aromatic rings. The van der Waals surface area contributed by atoms with Crippen LogP contribution in [-0.2, 0) is 0 Å². The highest BCUT2D eigenvalue weighted by atomic mass is 19.4. The predicted octanol–water partition coefficient (Wildman–Crippen LogP) is 2.50. The zero-order valence-electron chi connectivity index (χ0n) is 8.15. The van der Waals surface area contributed by atoms with E-state index in [2.05, 4.69) is 0 Å². The number of aliphatic hydroxyl groups is 1. The summed E-state index contributed by atoms with van der Waals surface area (Å²) >= 11 is 0. The fourth-order valence-electron chi connectivity index (χ4n) is 1.24. The van der Waals surface area contributed by atoms with E-state index in [9.17, 15) is 23.3 Å². The number of nitro groups is 1. The molecule has 0 aliphatic rings. The summed E-state index contributed by atoms with van der Waals surface area (Å²) in [5.41, 5.74) is -0.612. The smallest absolute Gasteiger partial charge is 0.379 e. The molecule has 0 unspecified atom stereocenters. The minimum Gasteiger partial charge on any atom is -0.379 e. The van der Waals surface area contributed by atoms with Crippen LogP contribution >= 0.6 is 0 Å². The van der Waals surface area contributed by atoms with Gasteiger partial charge in [-0.25, -0.2) is 0 Å². The third-order valence-electron chi connectivity index (χ3n) is 2.04. The minimum absolute atomic E-state index is 0.0748. The average Bonchev–Trinajstić information content (AvgIpc) is 2.14. The van der Waals surface area contributed by atoms with Crippen molar-refractivity contribution in [2.24, 2.45) is 0 Å². The van der Waals surface area contributed by atoms with E-state index in [1.54, 1.807) is 0 Å². The van der Waals surface area contributed by atoms with Gasteiger partial charge < -0.3 is 5.11 Å². The molecule has 88 valence electrons. The quantitative estimate of drug-likeness (QED) is 0.632. The number of hydrogen-bond donors (Lipinski definition) is 1. The van der Waals surface area contributed by atoms with Crippen molar-refractivity contribution in [1.82, 2.24) is 0 Å². The lowest BCUT2D eigenvalue weighted by Gasteiger charge is -2.14. The monoisotopic (exact) mass is 235 g/mol. The van der Waals surface area contributed by atoms with E-state index in [4.69, 9.17) is 5.11 Å². The van der Waals surface area contributed by atoms with Crippen molar-refractivity contribution in [1.29, 1.82) is 0 Å². The van der Waals surface area contributed by atoms with Gasteiger partial charge in [0.2, 0.25) is 0 Å². The van der Waals surface area contributed by atoms with Crippen LogP contribution in [0.1, 0.15) is 17.2 Å². The minimum atomic E-state index is -4.78. The van der Waals surface area contributed by atoms with Gasteiger partial charge in [-0.3, -0.25) is 10.1 Å². The van der Waals surface area contributed by atoms with Gasteiger partial charge in [-0.1, -0.05) is 0 Å². The Labute approximate surface area is 88.5 Å². The molecule has 0 fully saturated rings. The molecule has 0 bridgehead atoms. The number of hydrogen-bond acceptors (Lipinski definition) is 3. The van der Waals surface area contributed by atoms with E-state index in [-0.39, 0.29) is 11.3 Å². The first-order valence-electron chi connectivity index (χ1n) is 4.23. The van der Waals surface area contributed by atoms with Crippen LogP contribution in [-0.4, -0.2) is 16.2 Å². The van der Waals surface area contributed by atoms with Crippen LogP contribution in [0.4, 0.5) is 18.9 Å². The van der Waals surface area contributed by atoms with Gasteiger partial charge in [0.15, 0.2) is 6.10 Å². The predicted molar refractivity (Wildman–Crippen MR) is 48.8 cm³/mol. The molecule has 1 atom stereocenters. The van der Waals surface area contributed by atoms with Crippen LogP contribution in [0, 0.1) is 17.0 Å². The van der Waals surface area contributed by atoms with Gasteiger partial charge in [0.1, 0.15) is 0 Å². The molecule has 7 heteroatoms. The summed E-state index contributed by atoms with van der Waals surface area (Å²) in [6.07, 6.45) is -7.39. The average molecular weight is 235 g/mol. The van der Waals surface area contributed by atoms with Crippen molar-refractivity contribution in [2.75, 3.05) is 0 Å². The molecule has 1 rings (SSSR count). The fraction of sp³-hybridized carbons (Fsp3) is 0.333. The molecule has 0 amide bonds. The highest BCUT2D eigenvalue weighted by Crippen LogP contribution is 2.33. The van der Waals surface area contributed by atoms with Gasteiger partial charge in [0.25, 0.3) is 5.69 Å². The van der Waals surface area contributed by atoms with Crippen molar-refractivity contribution in [3.05, 3.63) is 39.4 Å². The number of rotatable bonds is 2. The summed E-state index contributed by atoms with van der Waals surface area (Å²) < 4.78 is 36.4. The van der Waals surface area contributed by atoms with E-state index >= 15 is 0 Å². The standard InChI is InChI=1S/C9H8F3NO3/c1-5-4-6(8(14)9(10,11)12)2-3-7(5)13(15)16/h2-4,8,14H,1H3/t8-/m0/s1. The number of nitrogens with zero attached hydrogens (tertiary/aromatic N) is 1. The highest BCUT2D eigenvalue weighted by Gasteiger charge is 2.39. The first kappa shape index (κ1) is 12.4. The summed E-state index contributed by atoms with van der Waals surface area (Å²) in [7, 11) is 0. The molecule has 0 saturated heterocycles. The van der Waals surface area contributed by atoms with Crippen LogP contribution in [0.5, 0.6) is 0 Å². The SMILES string of the molecule is Cc1cc([C@H](O)C(F)(F)F)ccc1[N+](=O)[O-]. The Morgan fingerprint density at radius 2 is 2.00 bits per heavy atom. The molecule has 0 heterocycles. The second-order valence-corrected chi connectivity index (χ2v) is 3.25. The molecule has 4 nitrogen and oxygen atoms in total. The summed E-state index contributed by atoms with van der Waals surface area (Å²) in [5, 5.41) is 19.3. The largest absolute Gasteiger partial charge is 0.418 e. The van der Waals surface area contributed by atoms with Crippen molar-refractivity contribution >= 4 is 5.69 Å². The van der Waals surface area contributed by atoms with Gasteiger partial charge in [0, 0.05) is 11.6 Å². The molecule has 0 aliphatic heterocycles. The van der Waals surface area contributed by atoms with Crippen molar-refractivity contribution in [2.45, 2.75) is 19.2 Å². The van der Waals surface area contributed by atoms with Gasteiger partial charge in [-0.05, 0) is 24.6 Å². The van der Waals surface area contributed by atoms with Crippen LogP contribution in [0.25, 0.3) is 0 Å². The van der Waals surface area contributed by atoms with E-state index in [1.165, 1.54) is 6.92 Å². The van der Waals surface area contributed by atoms with Gasteiger partial charge >= 0.3 is 6.18 Å². The summed E-state index contributed by atoms with van der Waals surface area (Å²) in [6, 6.07) is 2.79. The third kappa shape index (κ3) is 2.48. The topological polar surface area (TPSA) is 63.4 Å². The van der Waals surface area contributed by atoms with Gasteiger partial charge in [0.05, 0.1) is 4.92 Å². The van der Waals surface area contributed by atoms with Crippen LogP contribution in [0.15, 0.2) is 18.2 Å². The molecule has 0 aliphatic carbocycles. The number of benzene rings is 1. The molecule has 1 N–H and O–H groups in total. The Hall–Kier alpha value is -1.63. The Balaban J connectivity index is 3.11. The highest BCUT2D eigenvalue weighted by molar-refractivity contribution is 5.42. The second kappa shape index (κ2) is 4.09. The van der Waals surface area contributed by atoms with E-state index in [0.717, 1.165) is 18.2 Å². The Morgan fingerprint density at radius 3 is 2.38 bits per heavy atom. The lowest BCUT2D eigenvalue weighted by molar-refractivity contribution is -0.385. The number of aryl methyl sites for hydroxylation is 1. The van der Waals surface area contributed by atoms with Crippen LogP contribution < -0.4 is 0 Å². The van der Waals surface area contributed by atoms with Crippen molar-refractivity contribution in [3.8, 4) is 0 Å². The fourth-order valence-corrected chi connectivity index (χ4v) is 1.24. The molecule has 0 aromatic heterocycles. The summed E-state index contributed by atoms with van der Waals surface area (Å²) in [4.78, 5) is 9.73. The molecule has 0 spiro atoms. The second-order valence-electron chi connectivity index (χ2n) is 3.25. The maximum Gasteiger partial charge on any atom is 0.418 e. The Morgan fingerprint density at radius 1 is 1.44 bits per heavy atom. The first-order valence-corrected chi connectivity index (χ1v) is 4.23. The normalized spacial score (nSPS) is 13.6. The van der Waals surface area contributed by atoms with Crippen molar-refractivity contribution in [3.63, 3.8) is 0 Å². The van der Waals surface area contributed by atoms with E-state index in [0.29, 0.717) is 0 Å². The Kier molecular flexibility index (Phi) is 3.18. The molecule has 1 aromatic carbocycles. The van der Waals surface area contributed by atoms with E-state index in [1.807, 2.05) is 0 Å². The lowest BCUT2D eigenvalue weighted by atomic mass is 10.1. The maximum absolute atomic E-state index is 12.1. The third-order valence-corrected chi connectivity index (χ3v) is 2.04. The number of nitro benzene ring substituents is 1. The molecule has 16 heavy (non-hydrogen) atoms. The van der Waals surface area contributed by atoms with Gasteiger partial charge in [-0.2, -0.15) is 13.2 Å². The van der Waals surface area contributed by atoms with Crippen LogP contribution in [0.3, 0.4) is 0 Å². The molecule has 0 saturated carbocycles. The first-order chi connectivity index (χ1) is 7.23. The zero-order valence-corrected chi connectivity index (χ0v) is 8.15. The number of aliphatic hydroxyl groups excluding tert-OH is 1. The molecular formula is C9H8F3NO3. The summed E-state index contributed by atoms with van der Waals surface area (Å²) in [6.45, 7) is 1.31. The number of halogens is 3. The van der Waals surface area contributed by atoms with Gasteiger partial charge in [-0.15, -0.1) is 0 Å². The summed E-state index contributed by atoms with van der Waals surface area (Å²) in [5.74, 6) is 0. The zero-order chi connectivity index (χ0) is 12.5. The molecular weight excluding hydrogens is 227 g/mol. The van der Waals surface area contributed by atoms with Crippen LogP contribution in [0.2, 0.25) is 0 Å². The maximum atomic E-state index is 12.1. The number of alkyl halides is 3. The van der Waals surface area contributed by atoms with Crippen molar-refractivity contribution < 1.29 is 23.2 Å². The lowest BCUT2D eigenvalue weighted by Crippen LogP contribution is -2.20. The van der Waals surface area contributed by atoms with E-state index < -0.39 is 22.8 Å².